The molecule has 3 aromatic rings. The molecule has 1 atom stereocenters. The molecule has 0 spiro atoms. The maximum atomic E-state index is 13.9. The lowest BCUT2D eigenvalue weighted by molar-refractivity contribution is -0.127. The first-order valence-corrected chi connectivity index (χ1v) is 12.4. The van der Waals surface area contributed by atoms with Crippen LogP contribution in [-0.2, 0) is 16.0 Å². The molecular formula is C27H30N2O4S. The molecule has 0 radical (unpaired) electrons. The highest BCUT2D eigenvalue weighted by Crippen LogP contribution is 2.36. The quantitative estimate of drug-likeness (QED) is 0.462. The molecule has 1 N–H and O–H groups in total. The molecule has 0 saturated heterocycles. The highest BCUT2D eigenvalue weighted by atomic mass is 32.1. The van der Waals surface area contributed by atoms with Gasteiger partial charge < -0.3 is 14.8 Å². The summed E-state index contributed by atoms with van der Waals surface area (Å²) >= 11 is 1.52. The zero-order valence-electron chi connectivity index (χ0n) is 19.5. The maximum Gasteiger partial charge on any atom is 0.248 e. The van der Waals surface area contributed by atoms with Gasteiger partial charge >= 0.3 is 0 Å². The number of ether oxygens (including phenoxy) is 2. The molecule has 1 heterocycles. The molecule has 0 bridgehead atoms. The van der Waals surface area contributed by atoms with E-state index in [1.54, 1.807) is 25.2 Å². The first-order chi connectivity index (χ1) is 16.6. The Hall–Kier alpha value is -3.32. The Morgan fingerprint density at radius 3 is 2.53 bits per heavy atom. The third-order valence-electron chi connectivity index (χ3n) is 6.14. The summed E-state index contributed by atoms with van der Waals surface area (Å²) in [5.41, 5.74) is 1.24. The normalized spacial score (nSPS) is 14.4. The Bertz CT molecular complexity index is 1110. The minimum atomic E-state index is -0.875. The van der Waals surface area contributed by atoms with Crippen LogP contribution in [-0.4, -0.2) is 32.1 Å². The van der Waals surface area contributed by atoms with Gasteiger partial charge in [0.15, 0.2) is 0 Å². The standard InChI is InChI=1S/C27H30N2O4S/c1-32-21-12-7-9-19(17-21)26(27(31)28-20-10-3-4-11-20)29(23-14-5-6-15-24(23)33-2)25(30)18-22-13-8-16-34-22/h5-9,12-17,20,26H,3-4,10-11,18H2,1-2H3,(H,28,31)/t26-/m0/s1. The van der Waals surface area contributed by atoms with E-state index in [9.17, 15) is 9.59 Å². The second kappa shape index (κ2) is 11.2. The van der Waals surface area contributed by atoms with Gasteiger partial charge in [0, 0.05) is 10.9 Å². The number of amides is 2. The molecule has 1 saturated carbocycles. The first-order valence-electron chi connectivity index (χ1n) is 11.5. The van der Waals surface area contributed by atoms with Gasteiger partial charge in [0.05, 0.1) is 26.3 Å². The number of hydrogen-bond acceptors (Lipinski definition) is 5. The lowest BCUT2D eigenvalue weighted by Crippen LogP contribution is -2.47. The molecule has 4 rings (SSSR count). The van der Waals surface area contributed by atoms with Gasteiger partial charge in [-0.1, -0.05) is 43.2 Å². The van der Waals surface area contributed by atoms with Crippen LogP contribution in [0.5, 0.6) is 11.5 Å². The molecule has 34 heavy (non-hydrogen) atoms. The average molecular weight is 479 g/mol. The third-order valence-corrected chi connectivity index (χ3v) is 7.01. The summed E-state index contributed by atoms with van der Waals surface area (Å²) in [6.45, 7) is 0. The van der Waals surface area contributed by atoms with Crippen molar-refractivity contribution in [2.75, 3.05) is 19.1 Å². The van der Waals surface area contributed by atoms with Gasteiger partial charge in [-0.15, -0.1) is 11.3 Å². The average Bonchev–Trinajstić information content (AvgIpc) is 3.57. The van der Waals surface area contributed by atoms with E-state index in [1.165, 1.54) is 11.3 Å². The number of thiophene rings is 1. The predicted molar refractivity (Wildman–Crippen MR) is 135 cm³/mol. The predicted octanol–water partition coefficient (Wildman–Crippen LogP) is 5.14. The van der Waals surface area contributed by atoms with Gasteiger partial charge in [0.25, 0.3) is 0 Å². The SMILES string of the molecule is COc1cccc([C@@H](C(=O)NC2CCCC2)N(C(=O)Cc2cccs2)c2ccccc2OC)c1. The molecule has 0 unspecified atom stereocenters. The molecule has 7 heteroatoms. The van der Waals surface area contributed by atoms with Crippen molar-refractivity contribution in [3.8, 4) is 11.5 Å². The van der Waals surface area contributed by atoms with E-state index >= 15 is 0 Å². The summed E-state index contributed by atoms with van der Waals surface area (Å²) < 4.78 is 11.0. The number of nitrogens with zero attached hydrogens (tertiary/aromatic N) is 1. The van der Waals surface area contributed by atoms with E-state index in [1.807, 2.05) is 60.0 Å². The Labute approximate surface area is 204 Å². The van der Waals surface area contributed by atoms with Crippen molar-refractivity contribution < 1.29 is 19.1 Å². The molecule has 1 aliphatic carbocycles. The number of rotatable bonds is 9. The summed E-state index contributed by atoms with van der Waals surface area (Å²) in [7, 11) is 3.16. The fraction of sp³-hybridized carbons (Fsp3) is 0.333. The van der Waals surface area contributed by atoms with Crippen molar-refractivity contribution in [1.82, 2.24) is 5.32 Å². The number of carbonyl (C=O) groups is 2. The van der Waals surface area contributed by atoms with Crippen LogP contribution in [0.25, 0.3) is 0 Å². The van der Waals surface area contributed by atoms with Crippen LogP contribution < -0.4 is 19.7 Å². The molecule has 1 aliphatic rings. The maximum absolute atomic E-state index is 13.9. The van der Waals surface area contributed by atoms with Crippen LogP contribution in [0.1, 0.15) is 42.2 Å². The van der Waals surface area contributed by atoms with Crippen LogP contribution in [0, 0.1) is 0 Å². The van der Waals surface area contributed by atoms with E-state index < -0.39 is 6.04 Å². The van der Waals surface area contributed by atoms with Crippen LogP contribution in [0.4, 0.5) is 5.69 Å². The van der Waals surface area contributed by atoms with Crippen molar-refractivity contribution in [2.45, 2.75) is 44.2 Å². The molecule has 178 valence electrons. The summed E-state index contributed by atoms with van der Waals surface area (Å²) in [5, 5.41) is 5.15. The van der Waals surface area contributed by atoms with Crippen molar-refractivity contribution in [1.29, 1.82) is 0 Å². The Morgan fingerprint density at radius 1 is 1.03 bits per heavy atom. The Balaban J connectivity index is 1.81. The topological polar surface area (TPSA) is 67.9 Å². The number of methoxy groups -OCH3 is 2. The van der Waals surface area contributed by atoms with Gasteiger partial charge in [-0.3, -0.25) is 14.5 Å². The van der Waals surface area contributed by atoms with Crippen molar-refractivity contribution in [2.24, 2.45) is 0 Å². The van der Waals surface area contributed by atoms with Gasteiger partial charge in [0.2, 0.25) is 11.8 Å². The molecule has 1 aromatic heterocycles. The number of para-hydroxylation sites is 2. The van der Waals surface area contributed by atoms with Crippen LogP contribution in [0.2, 0.25) is 0 Å². The summed E-state index contributed by atoms with van der Waals surface area (Å²) in [5.74, 6) is 0.775. The largest absolute Gasteiger partial charge is 0.497 e. The third kappa shape index (κ3) is 5.42. The minimum Gasteiger partial charge on any atom is -0.497 e. The van der Waals surface area contributed by atoms with Crippen molar-refractivity contribution in [3.63, 3.8) is 0 Å². The number of hydrogen-bond donors (Lipinski definition) is 1. The number of benzene rings is 2. The highest BCUT2D eigenvalue weighted by molar-refractivity contribution is 7.10. The van der Waals surface area contributed by atoms with E-state index in [-0.39, 0.29) is 24.3 Å². The van der Waals surface area contributed by atoms with E-state index in [0.717, 1.165) is 30.6 Å². The van der Waals surface area contributed by atoms with Gasteiger partial charge in [0.1, 0.15) is 17.5 Å². The fourth-order valence-corrected chi connectivity index (χ4v) is 5.17. The van der Waals surface area contributed by atoms with Crippen LogP contribution >= 0.6 is 11.3 Å². The Morgan fingerprint density at radius 2 is 1.82 bits per heavy atom. The zero-order chi connectivity index (χ0) is 23.9. The monoisotopic (exact) mass is 478 g/mol. The lowest BCUT2D eigenvalue weighted by Gasteiger charge is -2.33. The molecular weight excluding hydrogens is 448 g/mol. The van der Waals surface area contributed by atoms with Gasteiger partial charge in [-0.05, 0) is 54.1 Å². The van der Waals surface area contributed by atoms with E-state index in [4.69, 9.17) is 9.47 Å². The Kier molecular flexibility index (Phi) is 7.85. The first kappa shape index (κ1) is 23.8. The summed E-state index contributed by atoms with van der Waals surface area (Å²) in [4.78, 5) is 30.2. The number of carbonyl (C=O) groups excluding carboxylic acids is 2. The smallest absolute Gasteiger partial charge is 0.248 e. The zero-order valence-corrected chi connectivity index (χ0v) is 20.3. The molecule has 0 aliphatic heterocycles. The van der Waals surface area contributed by atoms with Gasteiger partial charge in [-0.25, -0.2) is 0 Å². The molecule has 1 fully saturated rings. The number of nitrogens with one attached hydrogen (secondary N) is 1. The second-order valence-corrected chi connectivity index (χ2v) is 9.39. The summed E-state index contributed by atoms with van der Waals surface area (Å²) in [6.07, 6.45) is 4.29. The van der Waals surface area contributed by atoms with E-state index in [2.05, 4.69) is 5.32 Å². The second-order valence-electron chi connectivity index (χ2n) is 8.36. The lowest BCUT2D eigenvalue weighted by atomic mass is 10.0. The molecule has 2 aromatic carbocycles. The summed E-state index contributed by atoms with van der Waals surface area (Å²) in [6, 6.07) is 17.8. The number of anilines is 1. The molecule has 2 amide bonds. The van der Waals surface area contributed by atoms with Crippen LogP contribution in [0.15, 0.2) is 66.0 Å². The minimum absolute atomic E-state index is 0.118. The fourth-order valence-electron chi connectivity index (χ4n) is 4.47. The van der Waals surface area contributed by atoms with Crippen molar-refractivity contribution in [3.05, 3.63) is 76.5 Å². The molecule has 6 nitrogen and oxygen atoms in total. The van der Waals surface area contributed by atoms with Gasteiger partial charge in [-0.2, -0.15) is 0 Å². The highest BCUT2D eigenvalue weighted by Gasteiger charge is 2.35. The van der Waals surface area contributed by atoms with E-state index in [0.29, 0.717) is 22.7 Å². The van der Waals surface area contributed by atoms with Crippen LogP contribution in [0.3, 0.4) is 0 Å². The van der Waals surface area contributed by atoms with Crippen molar-refractivity contribution >= 4 is 28.8 Å².